The molecule has 3 aromatic rings. The second kappa shape index (κ2) is 10.6. The van der Waals surface area contributed by atoms with Crippen LogP contribution in [0.3, 0.4) is 0 Å². The van der Waals surface area contributed by atoms with Crippen LogP contribution in [0.4, 0.5) is 18.9 Å². The molecular formula is C25H22F3NO5S. The zero-order valence-corrected chi connectivity index (χ0v) is 19.4. The summed E-state index contributed by atoms with van der Waals surface area (Å²) in [4.78, 5) is 10.6. The minimum atomic E-state index is -4.65. The summed E-state index contributed by atoms with van der Waals surface area (Å²) in [6, 6.07) is 16.8. The number of sulfonamides is 1. The normalized spacial score (nSPS) is 12.0. The van der Waals surface area contributed by atoms with Gasteiger partial charge in [-0.1, -0.05) is 42.5 Å². The van der Waals surface area contributed by atoms with Gasteiger partial charge < -0.3 is 9.84 Å². The number of aliphatic carboxylic acids is 1. The van der Waals surface area contributed by atoms with Crippen LogP contribution in [-0.2, 0) is 27.6 Å². The lowest BCUT2D eigenvalue weighted by molar-refractivity contribution is -0.137. The van der Waals surface area contributed by atoms with Gasteiger partial charge in [0.25, 0.3) is 10.0 Å². The molecule has 0 fully saturated rings. The number of carboxylic acids is 1. The standard InChI is InChI=1S/C25H22F3NO5S/c1-2-29(35(32,33)21-6-4-3-5-7-21)22-14-13-20(25(26,27)28)16-23(22)34-17-19-10-8-18(9-11-19)12-15-24(30)31/h3-16H,2,17H2,1H3,(H,30,31)/b15-12+. The number of alkyl halides is 3. The molecular weight excluding hydrogens is 483 g/mol. The van der Waals surface area contributed by atoms with E-state index in [9.17, 15) is 26.4 Å². The number of rotatable bonds is 9. The maximum absolute atomic E-state index is 13.4. The van der Waals surface area contributed by atoms with E-state index in [1.165, 1.54) is 18.2 Å². The van der Waals surface area contributed by atoms with E-state index in [0.717, 1.165) is 28.6 Å². The molecule has 3 rings (SSSR count). The number of benzene rings is 3. The summed E-state index contributed by atoms with van der Waals surface area (Å²) >= 11 is 0. The third-order valence-electron chi connectivity index (χ3n) is 4.97. The van der Waals surface area contributed by atoms with Crippen molar-refractivity contribution in [2.75, 3.05) is 10.8 Å². The monoisotopic (exact) mass is 505 g/mol. The van der Waals surface area contributed by atoms with Crippen molar-refractivity contribution >= 4 is 27.8 Å². The van der Waals surface area contributed by atoms with Gasteiger partial charge in [-0.15, -0.1) is 0 Å². The lowest BCUT2D eigenvalue weighted by Crippen LogP contribution is -2.31. The molecule has 0 unspecified atom stereocenters. The van der Waals surface area contributed by atoms with Gasteiger partial charge in [0.15, 0.2) is 0 Å². The molecule has 0 bridgehead atoms. The Morgan fingerprint density at radius 1 is 1.03 bits per heavy atom. The largest absolute Gasteiger partial charge is 0.487 e. The van der Waals surface area contributed by atoms with E-state index in [0.29, 0.717) is 11.1 Å². The summed E-state index contributed by atoms with van der Waals surface area (Å²) in [6.07, 6.45) is -2.28. The molecule has 0 aliphatic rings. The summed E-state index contributed by atoms with van der Waals surface area (Å²) in [6.45, 7) is 1.40. The smallest absolute Gasteiger partial charge is 0.416 e. The second-order valence-corrected chi connectivity index (χ2v) is 9.23. The minimum Gasteiger partial charge on any atom is -0.487 e. The Kier molecular flexibility index (Phi) is 7.85. The minimum absolute atomic E-state index is 0.00213. The molecule has 0 spiro atoms. The molecule has 0 aliphatic heterocycles. The average molecular weight is 506 g/mol. The maximum atomic E-state index is 13.4. The van der Waals surface area contributed by atoms with Crippen LogP contribution in [0.15, 0.2) is 83.8 Å². The molecule has 0 aromatic heterocycles. The van der Waals surface area contributed by atoms with Crippen LogP contribution in [0.2, 0.25) is 0 Å². The first-order chi connectivity index (χ1) is 16.5. The zero-order chi connectivity index (χ0) is 25.6. The van der Waals surface area contributed by atoms with E-state index in [2.05, 4.69) is 0 Å². The number of hydrogen-bond donors (Lipinski definition) is 1. The number of halogens is 3. The molecule has 0 heterocycles. The van der Waals surface area contributed by atoms with Crippen molar-refractivity contribution in [1.82, 2.24) is 0 Å². The first-order valence-corrected chi connectivity index (χ1v) is 11.9. The van der Waals surface area contributed by atoms with Crippen molar-refractivity contribution in [3.05, 3.63) is 95.6 Å². The molecule has 0 amide bonds. The Morgan fingerprint density at radius 3 is 2.26 bits per heavy atom. The first kappa shape index (κ1) is 25.8. The summed E-state index contributed by atoms with van der Waals surface area (Å²) in [5.41, 5.74) is 0.209. The topological polar surface area (TPSA) is 83.9 Å². The van der Waals surface area contributed by atoms with Crippen LogP contribution in [0.25, 0.3) is 6.08 Å². The Bertz CT molecular complexity index is 1310. The molecule has 0 atom stereocenters. The maximum Gasteiger partial charge on any atom is 0.416 e. The molecule has 3 aromatic carbocycles. The van der Waals surface area contributed by atoms with E-state index < -0.39 is 27.7 Å². The summed E-state index contributed by atoms with van der Waals surface area (Å²) in [5.74, 6) is -1.34. The van der Waals surface area contributed by atoms with Crippen molar-refractivity contribution in [3.8, 4) is 5.75 Å². The van der Waals surface area contributed by atoms with E-state index >= 15 is 0 Å². The first-order valence-electron chi connectivity index (χ1n) is 10.4. The molecule has 0 radical (unpaired) electrons. The highest BCUT2D eigenvalue weighted by molar-refractivity contribution is 7.92. The predicted molar refractivity (Wildman–Crippen MR) is 126 cm³/mol. The number of ether oxygens (including phenoxy) is 1. The van der Waals surface area contributed by atoms with Gasteiger partial charge in [0, 0.05) is 12.6 Å². The Labute approximate surface area is 200 Å². The number of carbonyl (C=O) groups is 1. The van der Waals surface area contributed by atoms with Gasteiger partial charge in [-0.3, -0.25) is 4.31 Å². The van der Waals surface area contributed by atoms with Crippen molar-refractivity contribution in [2.24, 2.45) is 0 Å². The van der Waals surface area contributed by atoms with Crippen molar-refractivity contribution < 1.29 is 36.2 Å². The lowest BCUT2D eigenvalue weighted by atomic mass is 10.1. The van der Waals surface area contributed by atoms with Crippen LogP contribution < -0.4 is 9.04 Å². The van der Waals surface area contributed by atoms with Crippen molar-refractivity contribution in [3.63, 3.8) is 0 Å². The highest BCUT2D eigenvalue weighted by Gasteiger charge is 2.33. The van der Waals surface area contributed by atoms with Gasteiger partial charge >= 0.3 is 12.1 Å². The molecule has 0 saturated heterocycles. The van der Waals surface area contributed by atoms with Gasteiger partial charge in [-0.25, -0.2) is 13.2 Å². The number of carboxylic acid groups (broad SMARTS) is 1. The van der Waals surface area contributed by atoms with E-state index in [1.54, 1.807) is 49.4 Å². The molecule has 0 aliphatic carbocycles. The number of hydrogen-bond acceptors (Lipinski definition) is 4. The third-order valence-corrected chi connectivity index (χ3v) is 6.87. The fraction of sp³-hybridized carbons (Fsp3) is 0.160. The third kappa shape index (κ3) is 6.42. The molecule has 6 nitrogen and oxygen atoms in total. The van der Waals surface area contributed by atoms with Gasteiger partial charge in [0.1, 0.15) is 12.4 Å². The molecule has 0 saturated carbocycles. The van der Waals surface area contributed by atoms with Gasteiger partial charge in [0.2, 0.25) is 0 Å². The number of anilines is 1. The SMILES string of the molecule is CCN(c1ccc(C(F)(F)F)cc1OCc1ccc(/C=C/C(=O)O)cc1)S(=O)(=O)c1ccccc1. The van der Waals surface area contributed by atoms with E-state index in [1.807, 2.05) is 0 Å². The molecule has 1 N–H and O–H groups in total. The second-order valence-electron chi connectivity index (χ2n) is 7.36. The van der Waals surface area contributed by atoms with Crippen molar-refractivity contribution in [1.29, 1.82) is 0 Å². The Morgan fingerprint density at radius 2 is 1.69 bits per heavy atom. The predicted octanol–water partition coefficient (Wildman–Crippen LogP) is 5.60. The highest BCUT2D eigenvalue weighted by Crippen LogP contribution is 2.38. The van der Waals surface area contributed by atoms with Gasteiger partial charge in [-0.05, 0) is 54.5 Å². The quantitative estimate of drug-likeness (QED) is 0.383. The molecule has 10 heteroatoms. The van der Waals surface area contributed by atoms with Crippen molar-refractivity contribution in [2.45, 2.75) is 24.6 Å². The van der Waals surface area contributed by atoms with Gasteiger partial charge in [-0.2, -0.15) is 13.2 Å². The van der Waals surface area contributed by atoms with Crippen LogP contribution in [0.5, 0.6) is 5.75 Å². The van der Waals surface area contributed by atoms with Crippen LogP contribution in [0, 0.1) is 0 Å². The van der Waals surface area contributed by atoms with Crippen LogP contribution in [0.1, 0.15) is 23.6 Å². The Balaban J connectivity index is 1.95. The van der Waals surface area contributed by atoms with Gasteiger partial charge in [0.05, 0.1) is 16.1 Å². The average Bonchev–Trinajstić information content (AvgIpc) is 2.82. The lowest BCUT2D eigenvalue weighted by Gasteiger charge is -2.26. The fourth-order valence-electron chi connectivity index (χ4n) is 3.26. The van der Waals surface area contributed by atoms with Crippen LogP contribution >= 0.6 is 0 Å². The Hall–Kier alpha value is -3.79. The van der Waals surface area contributed by atoms with E-state index in [4.69, 9.17) is 9.84 Å². The summed E-state index contributed by atoms with van der Waals surface area (Å²) in [7, 11) is -4.06. The summed E-state index contributed by atoms with van der Waals surface area (Å²) in [5, 5.41) is 8.71. The molecule has 184 valence electrons. The number of nitrogens with zero attached hydrogens (tertiary/aromatic N) is 1. The fourth-order valence-corrected chi connectivity index (χ4v) is 4.76. The van der Waals surface area contributed by atoms with E-state index in [-0.39, 0.29) is 29.5 Å². The summed E-state index contributed by atoms with van der Waals surface area (Å²) < 4.78 is 73.3. The highest BCUT2D eigenvalue weighted by atomic mass is 32.2. The molecule has 35 heavy (non-hydrogen) atoms. The zero-order valence-electron chi connectivity index (χ0n) is 18.6. The van der Waals surface area contributed by atoms with Crippen LogP contribution in [-0.4, -0.2) is 26.0 Å².